The summed E-state index contributed by atoms with van der Waals surface area (Å²) in [6.07, 6.45) is 0. The summed E-state index contributed by atoms with van der Waals surface area (Å²) < 4.78 is 29.1. The van der Waals surface area contributed by atoms with E-state index in [1.54, 1.807) is 36.1 Å². The van der Waals surface area contributed by atoms with Gasteiger partial charge >= 0.3 is 0 Å². The number of nitrogens with zero attached hydrogens (tertiary/aromatic N) is 4. The number of amides is 1. The molecule has 7 nitrogen and oxygen atoms in total. The Morgan fingerprint density at radius 2 is 1.45 bits per heavy atom. The Hall–Kier alpha value is -2.98. The van der Waals surface area contributed by atoms with Crippen molar-refractivity contribution in [3.63, 3.8) is 0 Å². The van der Waals surface area contributed by atoms with E-state index >= 15 is 0 Å². The number of aromatic nitrogens is 1. The number of halogens is 1. The van der Waals surface area contributed by atoms with Crippen molar-refractivity contribution < 1.29 is 13.2 Å². The summed E-state index contributed by atoms with van der Waals surface area (Å²) >= 11 is 1.48. The summed E-state index contributed by atoms with van der Waals surface area (Å²) in [4.78, 5) is 22.5. The third-order valence-electron chi connectivity index (χ3n) is 6.31. The number of hydrogen-bond donors (Lipinski definition) is 0. The Labute approximate surface area is 235 Å². The molecular weight excluding hydrogens is 540 g/mol. The zero-order valence-corrected chi connectivity index (χ0v) is 24.2. The Morgan fingerprint density at radius 1 is 0.816 bits per heavy atom. The van der Waals surface area contributed by atoms with Crippen molar-refractivity contribution in [3.05, 3.63) is 84.4 Å². The fraction of sp³-hybridized carbons (Fsp3) is 0.286. The van der Waals surface area contributed by atoms with Gasteiger partial charge in [0.15, 0.2) is 5.13 Å². The standard InChI is InChI=1S/C28H32N4O3S2.ClH/c1-4-30(5-2)20-21-31(28-29-25-14-10-11-15-26(25)36-28)27(33)22-16-18-24(19-17-22)37(34,35)32(6-3)23-12-8-7-9-13-23;/h7-19H,4-6,20-21H2,1-3H3;1H. The van der Waals surface area contributed by atoms with Crippen LogP contribution in [0.2, 0.25) is 0 Å². The first-order valence-corrected chi connectivity index (χ1v) is 14.7. The molecule has 3 aromatic carbocycles. The van der Waals surface area contributed by atoms with E-state index in [1.165, 1.54) is 27.8 Å². The van der Waals surface area contributed by atoms with Gasteiger partial charge < -0.3 is 4.90 Å². The molecule has 10 heteroatoms. The maximum absolute atomic E-state index is 13.7. The lowest BCUT2D eigenvalue weighted by Crippen LogP contribution is -2.39. The molecule has 4 aromatic rings. The fourth-order valence-electron chi connectivity index (χ4n) is 4.18. The van der Waals surface area contributed by atoms with Crippen molar-refractivity contribution in [2.24, 2.45) is 0 Å². The van der Waals surface area contributed by atoms with Gasteiger partial charge in [0, 0.05) is 25.2 Å². The van der Waals surface area contributed by atoms with Crippen LogP contribution in [0.3, 0.4) is 0 Å². The lowest BCUT2D eigenvalue weighted by atomic mass is 10.2. The number of rotatable bonds is 11. The fourth-order valence-corrected chi connectivity index (χ4v) is 6.64. The molecule has 0 saturated heterocycles. The molecule has 0 atom stereocenters. The van der Waals surface area contributed by atoms with Crippen LogP contribution >= 0.6 is 23.7 Å². The van der Waals surface area contributed by atoms with Crippen LogP contribution in [0.1, 0.15) is 31.1 Å². The molecule has 0 saturated carbocycles. The van der Waals surface area contributed by atoms with Gasteiger partial charge in [0.05, 0.1) is 20.8 Å². The molecule has 0 aliphatic carbocycles. The van der Waals surface area contributed by atoms with Crippen molar-refractivity contribution in [2.45, 2.75) is 25.7 Å². The second-order valence-electron chi connectivity index (χ2n) is 8.48. The third-order valence-corrected chi connectivity index (χ3v) is 9.29. The minimum Gasteiger partial charge on any atom is -0.302 e. The molecule has 38 heavy (non-hydrogen) atoms. The Balaban J connectivity index is 0.00000400. The van der Waals surface area contributed by atoms with Gasteiger partial charge in [-0.25, -0.2) is 13.4 Å². The summed E-state index contributed by atoms with van der Waals surface area (Å²) in [7, 11) is -3.77. The second kappa shape index (κ2) is 13.2. The first-order chi connectivity index (χ1) is 17.9. The summed E-state index contributed by atoms with van der Waals surface area (Å²) in [6.45, 7) is 9.27. The summed E-state index contributed by atoms with van der Waals surface area (Å²) in [5, 5.41) is 0.635. The number of carbonyl (C=O) groups is 1. The van der Waals surface area contributed by atoms with Crippen molar-refractivity contribution >= 4 is 60.7 Å². The molecular formula is C28H33ClN4O3S2. The molecule has 0 fully saturated rings. The van der Waals surface area contributed by atoms with E-state index < -0.39 is 10.0 Å². The molecule has 0 aliphatic heterocycles. The van der Waals surface area contributed by atoms with E-state index in [-0.39, 0.29) is 23.2 Å². The Bertz CT molecular complexity index is 1410. The number of anilines is 2. The molecule has 0 spiro atoms. The predicted octanol–water partition coefficient (Wildman–Crippen LogP) is 5.92. The predicted molar refractivity (Wildman–Crippen MR) is 159 cm³/mol. The first-order valence-electron chi connectivity index (χ1n) is 12.5. The molecule has 0 N–H and O–H groups in total. The van der Waals surface area contributed by atoms with Gasteiger partial charge in [-0.3, -0.25) is 14.0 Å². The molecule has 0 unspecified atom stereocenters. The van der Waals surface area contributed by atoms with E-state index in [4.69, 9.17) is 4.98 Å². The van der Waals surface area contributed by atoms with Crippen LogP contribution in [-0.2, 0) is 10.0 Å². The normalized spacial score (nSPS) is 11.4. The summed E-state index contributed by atoms with van der Waals surface area (Å²) in [5.74, 6) is -0.203. The second-order valence-corrected chi connectivity index (χ2v) is 11.3. The maximum Gasteiger partial charge on any atom is 0.264 e. The molecule has 1 heterocycles. The highest BCUT2D eigenvalue weighted by Crippen LogP contribution is 2.30. The highest BCUT2D eigenvalue weighted by molar-refractivity contribution is 7.92. The Kier molecular flexibility index (Phi) is 10.3. The smallest absolute Gasteiger partial charge is 0.264 e. The number of para-hydroxylation sites is 2. The molecule has 1 amide bonds. The van der Waals surface area contributed by atoms with Gasteiger partial charge in [-0.2, -0.15) is 0 Å². The van der Waals surface area contributed by atoms with Gasteiger partial charge in [-0.1, -0.05) is 55.5 Å². The van der Waals surface area contributed by atoms with Crippen LogP contribution in [-0.4, -0.2) is 56.9 Å². The van der Waals surface area contributed by atoms with Gasteiger partial charge in [0.25, 0.3) is 15.9 Å². The van der Waals surface area contributed by atoms with Crippen LogP contribution in [0.15, 0.2) is 83.8 Å². The van der Waals surface area contributed by atoms with E-state index in [0.29, 0.717) is 36.0 Å². The number of hydrogen-bond acceptors (Lipinski definition) is 6. The van der Waals surface area contributed by atoms with Crippen molar-refractivity contribution in [1.29, 1.82) is 0 Å². The number of carbonyl (C=O) groups excluding carboxylic acids is 1. The van der Waals surface area contributed by atoms with Gasteiger partial charge in [-0.05, 0) is 68.5 Å². The van der Waals surface area contributed by atoms with Crippen molar-refractivity contribution in [2.75, 3.05) is 41.9 Å². The van der Waals surface area contributed by atoms with E-state index in [0.717, 1.165) is 23.3 Å². The number of likely N-dealkylation sites (N-methyl/N-ethyl adjacent to an activating group) is 1. The Morgan fingerprint density at radius 3 is 2.05 bits per heavy atom. The summed E-state index contributed by atoms with van der Waals surface area (Å²) in [5.41, 5.74) is 1.87. The highest BCUT2D eigenvalue weighted by atomic mass is 35.5. The van der Waals surface area contributed by atoms with Crippen LogP contribution in [0.5, 0.6) is 0 Å². The van der Waals surface area contributed by atoms with Crippen LogP contribution in [0.4, 0.5) is 10.8 Å². The largest absolute Gasteiger partial charge is 0.302 e. The number of thiazole rings is 1. The molecule has 0 bridgehead atoms. The molecule has 1 aromatic heterocycles. The zero-order valence-electron chi connectivity index (χ0n) is 21.8. The summed E-state index contributed by atoms with van der Waals surface area (Å²) in [6, 6.07) is 23.0. The first kappa shape index (κ1) is 29.6. The molecule has 0 aliphatic rings. The molecule has 202 valence electrons. The van der Waals surface area contributed by atoms with Crippen LogP contribution < -0.4 is 9.21 Å². The number of fused-ring (bicyclic) bond motifs is 1. The molecule has 4 rings (SSSR count). The topological polar surface area (TPSA) is 73.8 Å². The average Bonchev–Trinajstić information content (AvgIpc) is 3.36. The maximum atomic E-state index is 13.7. The average molecular weight is 573 g/mol. The lowest BCUT2D eigenvalue weighted by molar-refractivity contribution is 0.0983. The number of sulfonamides is 1. The highest BCUT2D eigenvalue weighted by Gasteiger charge is 2.26. The monoisotopic (exact) mass is 572 g/mol. The van der Waals surface area contributed by atoms with E-state index in [1.807, 2.05) is 42.5 Å². The van der Waals surface area contributed by atoms with Crippen LogP contribution in [0, 0.1) is 0 Å². The van der Waals surface area contributed by atoms with E-state index in [2.05, 4.69) is 18.7 Å². The molecule has 0 radical (unpaired) electrons. The zero-order chi connectivity index (χ0) is 26.4. The van der Waals surface area contributed by atoms with Gasteiger partial charge in [0.1, 0.15) is 0 Å². The third kappa shape index (κ3) is 6.35. The van der Waals surface area contributed by atoms with Crippen LogP contribution in [0.25, 0.3) is 10.2 Å². The SMILES string of the molecule is CCN(CC)CCN(C(=O)c1ccc(S(=O)(=O)N(CC)c2ccccc2)cc1)c1nc2ccccc2s1.Cl. The van der Waals surface area contributed by atoms with Gasteiger partial charge in [-0.15, -0.1) is 12.4 Å². The minimum absolute atomic E-state index is 0. The number of benzene rings is 3. The van der Waals surface area contributed by atoms with E-state index in [9.17, 15) is 13.2 Å². The minimum atomic E-state index is -3.77. The van der Waals surface area contributed by atoms with Crippen molar-refractivity contribution in [1.82, 2.24) is 9.88 Å². The van der Waals surface area contributed by atoms with Crippen molar-refractivity contribution in [3.8, 4) is 0 Å². The van der Waals surface area contributed by atoms with Gasteiger partial charge in [0.2, 0.25) is 0 Å². The lowest BCUT2D eigenvalue weighted by Gasteiger charge is -2.25. The quantitative estimate of drug-likeness (QED) is 0.223.